The van der Waals surface area contributed by atoms with Crippen molar-refractivity contribution in [3.8, 4) is 0 Å². The van der Waals surface area contributed by atoms with Crippen LogP contribution in [0, 0.1) is 0 Å². The van der Waals surface area contributed by atoms with Crippen LogP contribution in [0.1, 0.15) is 24.2 Å². The molecule has 94 valence electrons. The minimum Gasteiger partial charge on any atom is -0.398 e. The molecule has 0 spiro atoms. The number of ether oxygens (including phenoxy) is 1. The first-order chi connectivity index (χ1) is 8.20. The van der Waals surface area contributed by atoms with Crippen molar-refractivity contribution in [1.29, 1.82) is 0 Å². The minimum atomic E-state index is -0.0368. The van der Waals surface area contributed by atoms with Crippen molar-refractivity contribution in [2.45, 2.75) is 13.8 Å². The molecule has 0 aliphatic rings. The summed E-state index contributed by atoms with van der Waals surface area (Å²) in [6.45, 7) is 6.36. The van der Waals surface area contributed by atoms with E-state index in [0.717, 1.165) is 0 Å². The summed E-state index contributed by atoms with van der Waals surface area (Å²) in [5.74, 6) is -0.0368. The van der Waals surface area contributed by atoms with Gasteiger partial charge in [0.1, 0.15) is 0 Å². The first-order valence-electron chi connectivity index (χ1n) is 5.92. The molecule has 4 heteroatoms. The predicted octanol–water partition coefficient (Wildman–Crippen LogP) is 1.77. The van der Waals surface area contributed by atoms with Crippen LogP contribution in [-0.2, 0) is 4.74 Å². The second kappa shape index (κ2) is 6.91. The zero-order valence-corrected chi connectivity index (χ0v) is 10.5. The van der Waals surface area contributed by atoms with Crippen LogP contribution in [0.2, 0.25) is 0 Å². The van der Waals surface area contributed by atoms with Crippen LogP contribution in [-0.4, -0.2) is 37.1 Å². The van der Waals surface area contributed by atoms with E-state index in [1.165, 1.54) is 0 Å². The van der Waals surface area contributed by atoms with Gasteiger partial charge in [0.15, 0.2) is 0 Å². The van der Waals surface area contributed by atoms with Crippen molar-refractivity contribution < 1.29 is 9.53 Å². The Morgan fingerprint density at radius 1 is 1.35 bits per heavy atom. The molecule has 1 aromatic rings. The number of para-hydroxylation sites is 1. The van der Waals surface area contributed by atoms with Gasteiger partial charge in [0.2, 0.25) is 0 Å². The maximum absolute atomic E-state index is 12.2. The van der Waals surface area contributed by atoms with Gasteiger partial charge in [-0.3, -0.25) is 4.79 Å². The lowest BCUT2D eigenvalue weighted by Gasteiger charge is -2.21. The van der Waals surface area contributed by atoms with Gasteiger partial charge >= 0.3 is 0 Å². The van der Waals surface area contributed by atoms with E-state index in [-0.39, 0.29) is 5.91 Å². The first-order valence-corrected chi connectivity index (χ1v) is 5.92. The van der Waals surface area contributed by atoms with Gasteiger partial charge in [-0.05, 0) is 26.0 Å². The molecule has 0 aliphatic carbocycles. The van der Waals surface area contributed by atoms with Crippen LogP contribution < -0.4 is 5.73 Å². The molecular weight excluding hydrogens is 216 g/mol. The Hall–Kier alpha value is -1.55. The molecule has 2 N–H and O–H groups in total. The number of nitrogens with two attached hydrogens (primary N) is 1. The van der Waals surface area contributed by atoms with Gasteiger partial charge in [0, 0.05) is 25.4 Å². The molecule has 4 nitrogen and oxygen atoms in total. The van der Waals surface area contributed by atoms with Crippen LogP contribution in [0.15, 0.2) is 24.3 Å². The summed E-state index contributed by atoms with van der Waals surface area (Å²) in [5, 5.41) is 0. The number of carbonyl (C=O) groups excluding carboxylic acids is 1. The van der Waals surface area contributed by atoms with Crippen LogP contribution in [0.25, 0.3) is 0 Å². The number of carbonyl (C=O) groups is 1. The number of benzene rings is 1. The first kappa shape index (κ1) is 13.5. The van der Waals surface area contributed by atoms with Crippen LogP contribution >= 0.6 is 0 Å². The number of nitrogen functional groups attached to an aromatic ring is 1. The molecule has 0 atom stereocenters. The van der Waals surface area contributed by atoms with Crippen molar-refractivity contribution in [3.63, 3.8) is 0 Å². The lowest BCUT2D eigenvalue weighted by molar-refractivity contribution is 0.0670. The Morgan fingerprint density at radius 2 is 2.06 bits per heavy atom. The van der Waals surface area contributed by atoms with E-state index in [1.54, 1.807) is 17.0 Å². The molecule has 0 fully saturated rings. The molecule has 0 aliphatic heterocycles. The standard InChI is InChI=1S/C13H20N2O2/c1-3-15(9-10-17-4-2)13(16)11-7-5-6-8-12(11)14/h5-8H,3-4,9-10,14H2,1-2H3. The highest BCUT2D eigenvalue weighted by Gasteiger charge is 2.15. The molecule has 0 saturated heterocycles. The van der Waals surface area contributed by atoms with Gasteiger partial charge in [0.25, 0.3) is 5.91 Å². The SMILES string of the molecule is CCOCCN(CC)C(=O)c1ccccc1N. The fourth-order valence-electron chi connectivity index (χ4n) is 1.58. The van der Waals surface area contributed by atoms with E-state index in [2.05, 4.69) is 0 Å². The zero-order chi connectivity index (χ0) is 12.7. The van der Waals surface area contributed by atoms with Crippen LogP contribution in [0.4, 0.5) is 5.69 Å². The van der Waals surface area contributed by atoms with E-state index in [1.807, 2.05) is 26.0 Å². The summed E-state index contributed by atoms with van der Waals surface area (Å²) in [6, 6.07) is 7.13. The van der Waals surface area contributed by atoms with E-state index in [0.29, 0.717) is 37.6 Å². The van der Waals surface area contributed by atoms with Crippen molar-refractivity contribution in [2.24, 2.45) is 0 Å². The normalized spacial score (nSPS) is 10.2. The van der Waals surface area contributed by atoms with Crippen LogP contribution in [0.5, 0.6) is 0 Å². The van der Waals surface area contributed by atoms with E-state index in [9.17, 15) is 4.79 Å². The number of rotatable bonds is 6. The van der Waals surface area contributed by atoms with E-state index < -0.39 is 0 Å². The molecule has 17 heavy (non-hydrogen) atoms. The summed E-state index contributed by atoms with van der Waals surface area (Å²) in [6.07, 6.45) is 0. The second-order valence-electron chi connectivity index (χ2n) is 3.67. The number of likely N-dealkylation sites (N-methyl/N-ethyl adjacent to an activating group) is 1. The molecule has 0 saturated carbocycles. The highest BCUT2D eigenvalue weighted by molar-refractivity contribution is 5.99. The monoisotopic (exact) mass is 236 g/mol. The Bertz CT molecular complexity index is 366. The third-order valence-electron chi connectivity index (χ3n) is 2.57. The summed E-state index contributed by atoms with van der Waals surface area (Å²) < 4.78 is 5.26. The molecule has 0 unspecified atom stereocenters. The topological polar surface area (TPSA) is 55.6 Å². The zero-order valence-electron chi connectivity index (χ0n) is 10.5. The molecule has 0 aromatic heterocycles. The van der Waals surface area contributed by atoms with Gasteiger partial charge < -0.3 is 15.4 Å². The van der Waals surface area contributed by atoms with Gasteiger partial charge in [-0.1, -0.05) is 12.1 Å². The second-order valence-corrected chi connectivity index (χ2v) is 3.67. The molecule has 1 aromatic carbocycles. The molecule has 1 amide bonds. The number of hydrogen-bond donors (Lipinski definition) is 1. The number of hydrogen-bond acceptors (Lipinski definition) is 3. The molecule has 0 bridgehead atoms. The van der Waals surface area contributed by atoms with E-state index in [4.69, 9.17) is 10.5 Å². The van der Waals surface area contributed by atoms with Crippen molar-refractivity contribution in [1.82, 2.24) is 4.90 Å². The highest BCUT2D eigenvalue weighted by Crippen LogP contribution is 2.13. The molecule has 0 radical (unpaired) electrons. The summed E-state index contributed by atoms with van der Waals surface area (Å²) >= 11 is 0. The predicted molar refractivity (Wildman–Crippen MR) is 68.9 cm³/mol. The lowest BCUT2D eigenvalue weighted by Crippen LogP contribution is -2.34. The smallest absolute Gasteiger partial charge is 0.256 e. The fraction of sp³-hybridized carbons (Fsp3) is 0.462. The number of anilines is 1. The molecule has 0 heterocycles. The fourth-order valence-corrected chi connectivity index (χ4v) is 1.58. The Balaban J connectivity index is 2.69. The third-order valence-corrected chi connectivity index (χ3v) is 2.57. The Kier molecular flexibility index (Phi) is 5.49. The quantitative estimate of drug-likeness (QED) is 0.605. The number of amides is 1. The average molecular weight is 236 g/mol. The van der Waals surface area contributed by atoms with E-state index >= 15 is 0 Å². The van der Waals surface area contributed by atoms with Gasteiger partial charge in [0.05, 0.1) is 12.2 Å². The maximum atomic E-state index is 12.2. The van der Waals surface area contributed by atoms with Gasteiger partial charge in [-0.15, -0.1) is 0 Å². The molecular formula is C13H20N2O2. The largest absolute Gasteiger partial charge is 0.398 e. The van der Waals surface area contributed by atoms with Gasteiger partial charge in [-0.25, -0.2) is 0 Å². The minimum absolute atomic E-state index is 0.0368. The summed E-state index contributed by atoms with van der Waals surface area (Å²) in [7, 11) is 0. The Labute approximate surface area is 102 Å². The average Bonchev–Trinajstić information content (AvgIpc) is 2.35. The maximum Gasteiger partial charge on any atom is 0.256 e. The van der Waals surface area contributed by atoms with Crippen LogP contribution in [0.3, 0.4) is 0 Å². The van der Waals surface area contributed by atoms with Crippen molar-refractivity contribution in [3.05, 3.63) is 29.8 Å². The third kappa shape index (κ3) is 3.75. The number of nitrogens with zero attached hydrogens (tertiary/aromatic N) is 1. The van der Waals surface area contributed by atoms with Crippen molar-refractivity contribution in [2.75, 3.05) is 32.0 Å². The Morgan fingerprint density at radius 3 is 2.65 bits per heavy atom. The van der Waals surface area contributed by atoms with Crippen molar-refractivity contribution >= 4 is 11.6 Å². The summed E-state index contributed by atoms with van der Waals surface area (Å²) in [4.78, 5) is 13.9. The summed E-state index contributed by atoms with van der Waals surface area (Å²) in [5.41, 5.74) is 6.87. The lowest BCUT2D eigenvalue weighted by atomic mass is 10.1. The van der Waals surface area contributed by atoms with Gasteiger partial charge in [-0.2, -0.15) is 0 Å². The molecule has 1 rings (SSSR count). The highest BCUT2D eigenvalue weighted by atomic mass is 16.5.